The second-order valence-corrected chi connectivity index (χ2v) is 8.94. The summed E-state index contributed by atoms with van der Waals surface area (Å²) in [6.07, 6.45) is 9.31. The summed E-state index contributed by atoms with van der Waals surface area (Å²) in [7, 11) is 0. The Kier molecular flexibility index (Phi) is 6.39. The number of amides is 1. The van der Waals surface area contributed by atoms with Gasteiger partial charge in [0.1, 0.15) is 17.0 Å². The van der Waals surface area contributed by atoms with E-state index in [2.05, 4.69) is 39.7 Å². The molecule has 0 aliphatic heterocycles. The molecule has 0 bridgehead atoms. The molecule has 29 heavy (non-hydrogen) atoms. The number of aryl methyl sites for hydroxylation is 1. The van der Waals surface area contributed by atoms with Crippen molar-refractivity contribution in [3.63, 3.8) is 0 Å². The summed E-state index contributed by atoms with van der Waals surface area (Å²) < 4.78 is 0. The first-order valence-corrected chi connectivity index (χ1v) is 11.4. The number of rotatable bonds is 6. The molecule has 3 aromatic rings. The lowest BCUT2D eigenvalue weighted by atomic mass is 10.0. The molecule has 6 heteroatoms. The Labute approximate surface area is 176 Å². The SMILES string of the molecule is Cc1sc2ncnc(NCCC(=O)NC3CCCCCC3)c2c1-c1ccccc1. The van der Waals surface area contributed by atoms with Gasteiger partial charge < -0.3 is 10.6 Å². The maximum atomic E-state index is 12.4. The third-order valence-electron chi connectivity index (χ3n) is 5.59. The smallest absolute Gasteiger partial charge is 0.221 e. The quantitative estimate of drug-likeness (QED) is 0.543. The van der Waals surface area contributed by atoms with Gasteiger partial charge in [-0.05, 0) is 25.3 Å². The minimum atomic E-state index is 0.125. The fourth-order valence-electron chi connectivity index (χ4n) is 4.15. The van der Waals surface area contributed by atoms with Crippen LogP contribution in [0, 0.1) is 6.92 Å². The normalized spacial score (nSPS) is 15.2. The molecule has 0 unspecified atom stereocenters. The van der Waals surface area contributed by atoms with Crippen LogP contribution in [0.25, 0.3) is 21.3 Å². The largest absolute Gasteiger partial charge is 0.369 e. The van der Waals surface area contributed by atoms with Gasteiger partial charge in [-0.1, -0.05) is 56.0 Å². The molecule has 2 aromatic heterocycles. The van der Waals surface area contributed by atoms with Crippen molar-refractivity contribution < 1.29 is 4.79 Å². The van der Waals surface area contributed by atoms with Gasteiger partial charge >= 0.3 is 0 Å². The number of fused-ring (bicyclic) bond motifs is 1. The van der Waals surface area contributed by atoms with Crippen LogP contribution in [0.4, 0.5) is 5.82 Å². The third-order valence-corrected chi connectivity index (χ3v) is 6.60. The molecular weight excluding hydrogens is 380 g/mol. The molecular formula is C23H28N4OS. The van der Waals surface area contributed by atoms with E-state index in [1.165, 1.54) is 41.7 Å². The van der Waals surface area contributed by atoms with Gasteiger partial charge in [0.25, 0.3) is 0 Å². The highest BCUT2D eigenvalue weighted by molar-refractivity contribution is 7.19. The average Bonchev–Trinajstić information content (AvgIpc) is 2.88. The summed E-state index contributed by atoms with van der Waals surface area (Å²) >= 11 is 1.68. The van der Waals surface area contributed by atoms with Crippen molar-refractivity contribution in [1.82, 2.24) is 15.3 Å². The first-order chi connectivity index (χ1) is 14.2. The minimum Gasteiger partial charge on any atom is -0.369 e. The Morgan fingerprint density at radius 3 is 2.62 bits per heavy atom. The molecule has 2 N–H and O–H groups in total. The number of carbonyl (C=O) groups excluding carboxylic acids is 1. The highest BCUT2D eigenvalue weighted by Gasteiger charge is 2.17. The van der Waals surface area contributed by atoms with Gasteiger partial charge in [0, 0.05) is 29.4 Å². The molecule has 152 valence electrons. The standard InChI is InChI=1S/C23H28N4OS/c1-16-20(17-9-5-4-6-10-17)21-22(25-15-26-23(21)29-16)24-14-13-19(28)27-18-11-7-2-3-8-12-18/h4-6,9-10,15,18H,2-3,7-8,11-14H2,1H3,(H,27,28)(H,24,25,26). The molecule has 0 radical (unpaired) electrons. The number of hydrogen-bond acceptors (Lipinski definition) is 5. The summed E-state index contributed by atoms with van der Waals surface area (Å²) in [5.41, 5.74) is 2.34. The number of carbonyl (C=O) groups is 1. The average molecular weight is 409 g/mol. The van der Waals surface area contributed by atoms with Gasteiger partial charge in [0.15, 0.2) is 0 Å². The predicted molar refractivity (Wildman–Crippen MR) is 120 cm³/mol. The van der Waals surface area contributed by atoms with Gasteiger partial charge in [-0.25, -0.2) is 9.97 Å². The Morgan fingerprint density at radius 2 is 1.86 bits per heavy atom. The maximum Gasteiger partial charge on any atom is 0.221 e. The highest BCUT2D eigenvalue weighted by Crippen LogP contribution is 2.40. The van der Waals surface area contributed by atoms with E-state index in [9.17, 15) is 4.79 Å². The second kappa shape index (κ2) is 9.35. The molecule has 1 saturated carbocycles. The van der Waals surface area contributed by atoms with Gasteiger partial charge in [-0.3, -0.25) is 4.79 Å². The minimum absolute atomic E-state index is 0.125. The van der Waals surface area contributed by atoms with E-state index >= 15 is 0 Å². The van der Waals surface area contributed by atoms with Crippen molar-refractivity contribution in [1.29, 1.82) is 0 Å². The van der Waals surface area contributed by atoms with Crippen molar-refractivity contribution in [2.45, 2.75) is 57.9 Å². The lowest BCUT2D eigenvalue weighted by Crippen LogP contribution is -2.35. The fraction of sp³-hybridized carbons (Fsp3) is 0.435. The summed E-state index contributed by atoms with van der Waals surface area (Å²) in [5.74, 6) is 0.931. The number of nitrogens with zero attached hydrogens (tertiary/aromatic N) is 2. The van der Waals surface area contributed by atoms with E-state index in [-0.39, 0.29) is 5.91 Å². The molecule has 0 spiro atoms. The summed E-state index contributed by atoms with van der Waals surface area (Å²) in [6.45, 7) is 2.69. The van der Waals surface area contributed by atoms with Crippen LogP contribution >= 0.6 is 11.3 Å². The van der Waals surface area contributed by atoms with E-state index < -0.39 is 0 Å². The van der Waals surface area contributed by atoms with Gasteiger partial charge in [-0.15, -0.1) is 11.3 Å². The summed E-state index contributed by atoms with van der Waals surface area (Å²) in [6, 6.07) is 10.7. The summed E-state index contributed by atoms with van der Waals surface area (Å²) in [4.78, 5) is 23.5. The highest BCUT2D eigenvalue weighted by atomic mass is 32.1. The lowest BCUT2D eigenvalue weighted by Gasteiger charge is -2.16. The Hall–Kier alpha value is -2.47. The zero-order chi connectivity index (χ0) is 20.1. The molecule has 1 aliphatic carbocycles. The van der Waals surface area contributed by atoms with E-state index in [1.807, 2.05) is 18.2 Å². The monoisotopic (exact) mass is 408 g/mol. The number of nitrogens with one attached hydrogen (secondary N) is 2. The fourth-order valence-corrected chi connectivity index (χ4v) is 5.16. The molecule has 2 heterocycles. The molecule has 1 amide bonds. The molecule has 0 saturated heterocycles. The molecule has 0 atom stereocenters. The maximum absolute atomic E-state index is 12.4. The molecule has 5 nitrogen and oxygen atoms in total. The zero-order valence-corrected chi connectivity index (χ0v) is 17.7. The van der Waals surface area contributed by atoms with Crippen LogP contribution in [0.1, 0.15) is 49.8 Å². The first kappa shape index (κ1) is 19.8. The lowest BCUT2D eigenvalue weighted by molar-refractivity contribution is -0.121. The van der Waals surface area contributed by atoms with Crippen molar-refractivity contribution >= 4 is 33.3 Å². The van der Waals surface area contributed by atoms with Crippen LogP contribution in [0.5, 0.6) is 0 Å². The van der Waals surface area contributed by atoms with Gasteiger partial charge in [0.05, 0.1) is 5.39 Å². The second-order valence-electron chi connectivity index (χ2n) is 7.73. The van der Waals surface area contributed by atoms with Crippen LogP contribution in [-0.2, 0) is 4.79 Å². The van der Waals surface area contributed by atoms with Crippen molar-refractivity contribution in [3.05, 3.63) is 41.5 Å². The van der Waals surface area contributed by atoms with Crippen molar-refractivity contribution in [3.8, 4) is 11.1 Å². The number of aromatic nitrogens is 2. The molecule has 1 aliphatic rings. The number of benzene rings is 1. The van der Waals surface area contributed by atoms with Crippen LogP contribution in [0.3, 0.4) is 0 Å². The van der Waals surface area contributed by atoms with Crippen LogP contribution < -0.4 is 10.6 Å². The zero-order valence-electron chi connectivity index (χ0n) is 16.9. The van der Waals surface area contributed by atoms with Crippen LogP contribution in [-0.4, -0.2) is 28.5 Å². The molecule has 4 rings (SSSR count). The van der Waals surface area contributed by atoms with Crippen LogP contribution in [0.15, 0.2) is 36.7 Å². The predicted octanol–water partition coefficient (Wildman–Crippen LogP) is 5.31. The first-order valence-electron chi connectivity index (χ1n) is 10.5. The van der Waals surface area contributed by atoms with E-state index in [1.54, 1.807) is 17.7 Å². The Bertz CT molecular complexity index is 962. The van der Waals surface area contributed by atoms with Gasteiger partial charge in [-0.2, -0.15) is 0 Å². The van der Waals surface area contributed by atoms with E-state index in [4.69, 9.17) is 0 Å². The number of hydrogen-bond donors (Lipinski definition) is 2. The Morgan fingerprint density at radius 1 is 1.10 bits per heavy atom. The number of thiophene rings is 1. The Balaban J connectivity index is 1.45. The topological polar surface area (TPSA) is 66.9 Å². The number of anilines is 1. The molecule has 1 fully saturated rings. The van der Waals surface area contributed by atoms with Crippen LogP contribution in [0.2, 0.25) is 0 Å². The molecule has 1 aromatic carbocycles. The summed E-state index contributed by atoms with van der Waals surface area (Å²) in [5, 5.41) is 7.65. The van der Waals surface area contributed by atoms with E-state index in [0.29, 0.717) is 19.0 Å². The van der Waals surface area contributed by atoms with E-state index in [0.717, 1.165) is 28.9 Å². The van der Waals surface area contributed by atoms with Gasteiger partial charge in [0.2, 0.25) is 5.91 Å². The van der Waals surface area contributed by atoms with Crippen molar-refractivity contribution in [2.75, 3.05) is 11.9 Å². The third kappa shape index (κ3) is 4.75. The van der Waals surface area contributed by atoms with Crippen molar-refractivity contribution in [2.24, 2.45) is 0 Å².